The Bertz CT molecular complexity index is 425. The molecule has 0 radical (unpaired) electrons. The maximum atomic E-state index is 9.00. The highest BCUT2D eigenvalue weighted by Gasteiger charge is 2.37. The van der Waals surface area contributed by atoms with Gasteiger partial charge in [0, 0.05) is 25.5 Å². The molecule has 2 heterocycles. The Morgan fingerprint density at radius 3 is 2.56 bits per heavy atom. The van der Waals surface area contributed by atoms with Gasteiger partial charge in [-0.3, -0.25) is 0 Å². The molecule has 2 fully saturated rings. The Labute approximate surface area is 94.9 Å². The summed E-state index contributed by atoms with van der Waals surface area (Å²) in [4.78, 5) is 10.6. The van der Waals surface area contributed by atoms with Crippen molar-refractivity contribution in [3.63, 3.8) is 0 Å². The first-order chi connectivity index (χ1) is 7.88. The van der Waals surface area contributed by atoms with Crippen LogP contribution in [0, 0.1) is 23.2 Å². The third kappa shape index (κ3) is 1.44. The van der Waals surface area contributed by atoms with E-state index in [0.717, 1.165) is 30.7 Å². The summed E-state index contributed by atoms with van der Waals surface area (Å²) in [5, 5.41) is 9.00. The van der Waals surface area contributed by atoms with Gasteiger partial charge in [0.25, 0.3) is 0 Å². The summed E-state index contributed by atoms with van der Waals surface area (Å²) in [6.45, 7) is 2.11. The molecule has 1 saturated carbocycles. The van der Waals surface area contributed by atoms with Gasteiger partial charge in [0.15, 0.2) is 11.5 Å². The molecule has 1 aromatic rings. The predicted molar refractivity (Wildman–Crippen MR) is 59.8 cm³/mol. The van der Waals surface area contributed by atoms with Crippen LogP contribution in [-0.2, 0) is 0 Å². The molecule has 1 aliphatic heterocycles. The van der Waals surface area contributed by atoms with Crippen molar-refractivity contribution in [2.45, 2.75) is 19.3 Å². The van der Waals surface area contributed by atoms with E-state index < -0.39 is 0 Å². The molecule has 1 saturated heterocycles. The maximum Gasteiger partial charge on any atom is 0.183 e. The second-order valence-electron chi connectivity index (χ2n) is 4.70. The van der Waals surface area contributed by atoms with E-state index in [2.05, 4.69) is 20.9 Å². The third-order valence-corrected chi connectivity index (χ3v) is 3.81. The number of rotatable bonds is 1. The molecular weight excluding hydrogens is 200 g/mol. The third-order valence-electron chi connectivity index (χ3n) is 3.81. The molecule has 0 spiro atoms. The summed E-state index contributed by atoms with van der Waals surface area (Å²) >= 11 is 0. The van der Waals surface area contributed by atoms with Crippen LogP contribution in [0.4, 0.5) is 5.82 Å². The Morgan fingerprint density at radius 2 is 1.88 bits per heavy atom. The summed E-state index contributed by atoms with van der Waals surface area (Å²) in [5.74, 6) is 2.40. The molecule has 0 amide bonds. The lowest BCUT2D eigenvalue weighted by Crippen LogP contribution is -2.23. The first-order valence-electron chi connectivity index (χ1n) is 5.84. The van der Waals surface area contributed by atoms with E-state index in [1.807, 2.05) is 0 Å². The van der Waals surface area contributed by atoms with Gasteiger partial charge in [-0.2, -0.15) is 5.26 Å². The Hall–Kier alpha value is -1.63. The summed E-state index contributed by atoms with van der Waals surface area (Å²) in [6.07, 6.45) is 7.30. The van der Waals surface area contributed by atoms with Crippen LogP contribution >= 0.6 is 0 Å². The van der Waals surface area contributed by atoms with E-state index >= 15 is 0 Å². The number of fused-ring (bicyclic) bond motifs is 1. The highest BCUT2D eigenvalue weighted by Crippen LogP contribution is 2.39. The maximum absolute atomic E-state index is 9.00. The molecule has 4 heteroatoms. The molecule has 1 aromatic heterocycles. The van der Waals surface area contributed by atoms with Crippen LogP contribution in [0.3, 0.4) is 0 Å². The van der Waals surface area contributed by atoms with Crippen molar-refractivity contribution in [1.29, 1.82) is 5.26 Å². The summed E-state index contributed by atoms with van der Waals surface area (Å²) in [5.41, 5.74) is 0.461. The largest absolute Gasteiger partial charge is 0.354 e. The van der Waals surface area contributed by atoms with E-state index in [-0.39, 0.29) is 0 Å². The summed E-state index contributed by atoms with van der Waals surface area (Å²) in [6, 6.07) is 2.12. The van der Waals surface area contributed by atoms with E-state index in [1.165, 1.54) is 19.3 Å². The van der Waals surface area contributed by atoms with Gasteiger partial charge in [0.1, 0.15) is 6.07 Å². The van der Waals surface area contributed by atoms with Gasteiger partial charge in [-0.25, -0.2) is 9.97 Å². The van der Waals surface area contributed by atoms with Crippen LogP contribution in [0.5, 0.6) is 0 Å². The first-order valence-corrected chi connectivity index (χ1v) is 5.84. The lowest BCUT2D eigenvalue weighted by atomic mass is 10.0. The Kier molecular flexibility index (Phi) is 2.24. The number of anilines is 1. The predicted octanol–water partition coefficient (Wildman–Crippen LogP) is 1.58. The number of aromatic nitrogens is 2. The lowest BCUT2D eigenvalue weighted by molar-refractivity contribution is 0.494. The van der Waals surface area contributed by atoms with Crippen LogP contribution in [0.1, 0.15) is 25.0 Å². The van der Waals surface area contributed by atoms with Crippen molar-refractivity contribution in [1.82, 2.24) is 9.97 Å². The zero-order chi connectivity index (χ0) is 11.0. The second kappa shape index (κ2) is 3.75. The van der Waals surface area contributed by atoms with Gasteiger partial charge < -0.3 is 4.90 Å². The molecule has 0 N–H and O–H groups in total. The monoisotopic (exact) mass is 214 g/mol. The fourth-order valence-corrected chi connectivity index (χ4v) is 3.05. The van der Waals surface area contributed by atoms with Crippen LogP contribution in [-0.4, -0.2) is 23.1 Å². The molecule has 0 aromatic carbocycles. The quantitative estimate of drug-likeness (QED) is 0.712. The normalized spacial score (nSPS) is 27.8. The molecule has 1 aliphatic carbocycles. The number of nitriles is 1. The SMILES string of the molecule is N#Cc1nccnc1N1CC2CCCC2C1. The first kappa shape index (κ1) is 9.59. The zero-order valence-corrected chi connectivity index (χ0v) is 9.13. The highest BCUT2D eigenvalue weighted by molar-refractivity contribution is 5.50. The minimum Gasteiger partial charge on any atom is -0.354 e. The van der Waals surface area contributed by atoms with Crippen molar-refractivity contribution in [2.75, 3.05) is 18.0 Å². The van der Waals surface area contributed by atoms with Gasteiger partial charge in [-0.05, 0) is 24.7 Å². The van der Waals surface area contributed by atoms with Gasteiger partial charge in [0.2, 0.25) is 0 Å². The van der Waals surface area contributed by atoms with E-state index in [0.29, 0.717) is 5.69 Å². The van der Waals surface area contributed by atoms with Crippen molar-refractivity contribution in [2.24, 2.45) is 11.8 Å². The van der Waals surface area contributed by atoms with Crippen molar-refractivity contribution in [3.8, 4) is 6.07 Å². The zero-order valence-electron chi connectivity index (χ0n) is 9.13. The van der Waals surface area contributed by atoms with Crippen LogP contribution < -0.4 is 4.90 Å². The number of hydrogen-bond donors (Lipinski definition) is 0. The molecule has 2 aliphatic rings. The second-order valence-corrected chi connectivity index (χ2v) is 4.70. The van der Waals surface area contributed by atoms with Crippen LogP contribution in [0.25, 0.3) is 0 Å². The fourth-order valence-electron chi connectivity index (χ4n) is 3.05. The molecule has 82 valence electrons. The lowest BCUT2D eigenvalue weighted by Gasteiger charge is -2.18. The average molecular weight is 214 g/mol. The standard InChI is InChI=1S/C12H14N4/c13-6-11-12(15-5-4-14-11)16-7-9-2-1-3-10(9)8-16/h4-5,9-10H,1-3,7-8H2. The average Bonchev–Trinajstić information content (AvgIpc) is 2.89. The fraction of sp³-hybridized carbons (Fsp3) is 0.583. The molecule has 3 rings (SSSR count). The molecule has 0 bridgehead atoms. The topological polar surface area (TPSA) is 52.8 Å². The van der Waals surface area contributed by atoms with E-state index in [9.17, 15) is 0 Å². The van der Waals surface area contributed by atoms with Crippen molar-refractivity contribution in [3.05, 3.63) is 18.1 Å². The Morgan fingerprint density at radius 1 is 1.19 bits per heavy atom. The van der Waals surface area contributed by atoms with Crippen molar-refractivity contribution >= 4 is 5.82 Å². The molecule has 16 heavy (non-hydrogen) atoms. The number of nitrogens with zero attached hydrogens (tertiary/aromatic N) is 4. The smallest absolute Gasteiger partial charge is 0.183 e. The Balaban J connectivity index is 1.86. The van der Waals surface area contributed by atoms with E-state index in [1.54, 1.807) is 12.4 Å². The van der Waals surface area contributed by atoms with E-state index in [4.69, 9.17) is 5.26 Å². The van der Waals surface area contributed by atoms with Crippen LogP contribution in [0.2, 0.25) is 0 Å². The van der Waals surface area contributed by atoms with Crippen LogP contribution in [0.15, 0.2) is 12.4 Å². The molecular formula is C12H14N4. The van der Waals surface area contributed by atoms with Crippen molar-refractivity contribution < 1.29 is 0 Å². The molecule has 2 atom stereocenters. The van der Waals surface area contributed by atoms with Gasteiger partial charge in [-0.15, -0.1) is 0 Å². The van der Waals surface area contributed by atoms with Gasteiger partial charge in [0.05, 0.1) is 0 Å². The van der Waals surface area contributed by atoms with Gasteiger partial charge in [-0.1, -0.05) is 6.42 Å². The minimum absolute atomic E-state index is 0.461. The minimum atomic E-state index is 0.461. The molecule has 4 nitrogen and oxygen atoms in total. The molecule has 2 unspecified atom stereocenters. The highest BCUT2D eigenvalue weighted by atomic mass is 15.2. The number of hydrogen-bond acceptors (Lipinski definition) is 4. The summed E-state index contributed by atoms with van der Waals surface area (Å²) < 4.78 is 0. The summed E-state index contributed by atoms with van der Waals surface area (Å²) in [7, 11) is 0. The van der Waals surface area contributed by atoms with Gasteiger partial charge >= 0.3 is 0 Å².